The number of hydrogen-bond acceptors (Lipinski definition) is 6. The minimum atomic E-state index is 0. The third kappa shape index (κ3) is 9.20. The highest BCUT2D eigenvalue weighted by Gasteiger charge is 2.02. The molecule has 0 amide bonds. The second-order valence-corrected chi connectivity index (χ2v) is 5.00. The molecule has 0 fully saturated rings. The number of unbranched alkanes of at least 4 members (excludes halogenated alkanes) is 1. The Morgan fingerprint density at radius 3 is 1.27 bits per heavy atom. The zero-order valence-electron chi connectivity index (χ0n) is 14.1. The number of hydrogen-bond donors (Lipinski definition) is 4. The number of benzene rings is 2. The molecule has 0 bridgehead atoms. The van der Waals surface area contributed by atoms with Crippen LogP contribution in [0.3, 0.4) is 0 Å². The summed E-state index contributed by atoms with van der Waals surface area (Å²) in [7, 11) is 0. The van der Waals surface area contributed by atoms with Crippen LogP contribution in [0.25, 0.3) is 0 Å². The Balaban J connectivity index is -0.00000132. The van der Waals surface area contributed by atoms with Gasteiger partial charge in [0.25, 0.3) is 0 Å². The molecule has 2 aromatic carbocycles. The lowest BCUT2D eigenvalue weighted by atomic mass is 10.2. The van der Waals surface area contributed by atoms with Crippen molar-refractivity contribution in [3.63, 3.8) is 0 Å². The van der Waals surface area contributed by atoms with Crippen LogP contribution in [0.15, 0.2) is 36.4 Å². The van der Waals surface area contributed by atoms with E-state index in [1.165, 1.54) is 0 Å². The molecular formula is C16H26Cl4N4O2. The molecule has 26 heavy (non-hydrogen) atoms. The van der Waals surface area contributed by atoms with Crippen molar-refractivity contribution in [1.29, 1.82) is 0 Å². The van der Waals surface area contributed by atoms with Crippen LogP contribution in [0.5, 0.6) is 11.5 Å². The molecule has 150 valence electrons. The van der Waals surface area contributed by atoms with Crippen molar-refractivity contribution >= 4 is 72.4 Å². The van der Waals surface area contributed by atoms with Crippen LogP contribution in [0, 0.1) is 0 Å². The van der Waals surface area contributed by atoms with Gasteiger partial charge in [-0.05, 0) is 37.1 Å². The predicted molar refractivity (Wildman–Crippen MR) is 120 cm³/mol. The first kappa shape index (κ1) is 29.2. The Morgan fingerprint density at radius 1 is 0.577 bits per heavy atom. The fraction of sp³-hybridized carbons (Fsp3) is 0.250. The fourth-order valence-corrected chi connectivity index (χ4v) is 1.92. The average Bonchev–Trinajstić information content (AvgIpc) is 2.49. The molecule has 0 aliphatic rings. The van der Waals surface area contributed by atoms with Crippen molar-refractivity contribution in [2.24, 2.45) is 0 Å². The van der Waals surface area contributed by atoms with E-state index in [1.807, 2.05) is 0 Å². The molecule has 0 aromatic heterocycles. The second-order valence-electron chi connectivity index (χ2n) is 5.00. The lowest BCUT2D eigenvalue weighted by Crippen LogP contribution is -2.05. The zero-order chi connectivity index (χ0) is 15.9. The molecule has 0 heterocycles. The van der Waals surface area contributed by atoms with Crippen molar-refractivity contribution in [1.82, 2.24) is 0 Å². The van der Waals surface area contributed by atoms with Crippen molar-refractivity contribution < 1.29 is 9.47 Å². The molecule has 8 N–H and O–H groups in total. The number of nitrogens with two attached hydrogens (primary N) is 4. The first-order chi connectivity index (χ1) is 10.6. The van der Waals surface area contributed by atoms with Crippen LogP contribution in [-0.4, -0.2) is 13.2 Å². The number of ether oxygens (including phenoxy) is 2. The van der Waals surface area contributed by atoms with Crippen molar-refractivity contribution in [2.75, 3.05) is 36.1 Å². The van der Waals surface area contributed by atoms with Crippen LogP contribution in [0.4, 0.5) is 22.7 Å². The number of nitrogen functional groups attached to an aromatic ring is 4. The number of anilines is 4. The van der Waals surface area contributed by atoms with Gasteiger partial charge in [0, 0.05) is 23.5 Å². The van der Waals surface area contributed by atoms with Crippen LogP contribution in [-0.2, 0) is 0 Å². The smallest absolute Gasteiger partial charge is 0.144 e. The van der Waals surface area contributed by atoms with Gasteiger partial charge in [-0.2, -0.15) is 0 Å². The molecule has 0 spiro atoms. The minimum absolute atomic E-state index is 0. The van der Waals surface area contributed by atoms with Crippen molar-refractivity contribution in [3.8, 4) is 11.5 Å². The minimum Gasteiger partial charge on any atom is -0.491 e. The van der Waals surface area contributed by atoms with E-state index in [1.54, 1.807) is 36.4 Å². The van der Waals surface area contributed by atoms with E-state index in [0.29, 0.717) is 47.5 Å². The van der Waals surface area contributed by atoms with Gasteiger partial charge in [0.15, 0.2) is 0 Å². The van der Waals surface area contributed by atoms with Gasteiger partial charge in [-0.1, -0.05) is 0 Å². The molecule has 0 aliphatic carbocycles. The summed E-state index contributed by atoms with van der Waals surface area (Å²) in [6.07, 6.45) is 1.66. The van der Waals surface area contributed by atoms with Crippen LogP contribution in [0.1, 0.15) is 12.8 Å². The molecule has 0 aliphatic heterocycles. The average molecular weight is 448 g/mol. The monoisotopic (exact) mass is 446 g/mol. The van der Waals surface area contributed by atoms with E-state index in [0.717, 1.165) is 12.8 Å². The molecule has 2 aromatic rings. The van der Waals surface area contributed by atoms with Gasteiger partial charge in [-0.3, -0.25) is 0 Å². The SMILES string of the molecule is Cl.Cl.Cl.Cl.Nc1ccc(N)c(OCCCCOc2cc(N)ccc2N)c1. The number of halogens is 4. The van der Waals surface area contributed by atoms with Crippen molar-refractivity contribution in [2.45, 2.75) is 12.8 Å². The predicted octanol–water partition coefficient (Wildman–Crippen LogP) is 3.94. The zero-order valence-corrected chi connectivity index (χ0v) is 17.3. The molecule has 0 saturated carbocycles. The van der Waals surface area contributed by atoms with E-state index in [4.69, 9.17) is 32.4 Å². The quantitative estimate of drug-likeness (QED) is 0.376. The van der Waals surface area contributed by atoms with Crippen molar-refractivity contribution in [3.05, 3.63) is 36.4 Å². The van der Waals surface area contributed by atoms with E-state index in [-0.39, 0.29) is 49.6 Å². The lowest BCUT2D eigenvalue weighted by molar-refractivity contribution is 0.268. The van der Waals surface area contributed by atoms with Gasteiger partial charge in [0.2, 0.25) is 0 Å². The molecular weight excluding hydrogens is 422 g/mol. The van der Waals surface area contributed by atoms with E-state index in [2.05, 4.69) is 0 Å². The topological polar surface area (TPSA) is 123 Å². The van der Waals surface area contributed by atoms with Gasteiger partial charge in [0.1, 0.15) is 11.5 Å². The summed E-state index contributed by atoms with van der Waals surface area (Å²) in [5.74, 6) is 1.22. The normalized spacial score (nSPS) is 8.77. The third-order valence-electron chi connectivity index (χ3n) is 3.13. The summed E-state index contributed by atoms with van der Waals surface area (Å²) < 4.78 is 11.2. The van der Waals surface area contributed by atoms with Crippen LogP contribution in [0.2, 0.25) is 0 Å². The van der Waals surface area contributed by atoms with Gasteiger partial charge >= 0.3 is 0 Å². The molecule has 6 nitrogen and oxygen atoms in total. The molecule has 0 unspecified atom stereocenters. The standard InChI is InChI=1S/C16H22N4O2.4ClH/c17-11-3-5-13(19)15(9-11)21-7-1-2-8-22-16-10-12(18)4-6-14(16)20;;;;/h3-6,9-10H,1-2,7-8,17-20H2;4*1H. The maximum absolute atomic E-state index is 5.81. The second kappa shape index (κ2) is 14.6. The van der Waals surface area contributed by atoms with Gasteiger partial charge in [0.05, 0.1) is 24.6 Å². The van der Waals surface area contributed by atoms with Crippen LogP contribution >= 0.6 is 49.6 Å². The maximum atomic E-state index is 5.81. The van der Waals surface area contributed by atoms with E-state index >= 15 is 0 Å². The summed E-state index contributed by atoms with van der Waals surface area (Å²) in [5.41, 5.74) is 25.4. The molecule has 2 rings (SSSR count). The van der Waals surface area contributed by atoms with Gasteiger partial charge in [-0.15, -0.1) is 49.6 Å². The Kier molecular flexibility index (Phi) is 16.3. The lowest BCUT2D eigenvalue weighted by Gasteiger charge is -2.11. The fourth-order valence-electron chi connectivity index (χ4n) is 1.92. The van der Waals surface area contributed by atoms with Crippen LogP contribution < -0.4 is 32.4 Å². The summed E-state index contributed by atoms with van der Waals surface area (Å²) in [6, 6.07) is 10.4. The summed E-state index contributed by atoms with van der Waals surface area (Å²) in [5, 5.41) is 0. The largest absolute Gasteiger partial charge is 0.491 e. The Hall–Kier alpha value is -1.60. The third-order valence-corrected chi connectivity index (χ3v) is 3.13. The number of rotatable bonds is 7. The molecule has 10 heteroatoms. The summed E-state index contributed by atoms with van der Waals surface area (Å²) in [6.45, 7) is 1.09. The summed E-state index contributed by atoms with van der Waals surface area (Å²) in [4.78, 5) is 0. The Bertz CT molecular complexity index is 592. The Labute approximate surface area is 178 Å². The highest BCUT2D eigenvalue weighted by molar-refractivity contribution is 5.86. The van der Waals surface area contributed by atoms with E-state index in [9.17, 15) is 0 Å². The van der Waals surface area contributed by atoms with Gasteiger partial charge in [-0.25, -0.2) is 0 Å². The molecule has 0 radical (unpaired) electrons. The maximum Gasteiger partial charge on any atom is 0.144 e. The summed E-state index contributed by atoms with van der Waals surface area (Å²) >= 11 is 0. The molecule has 0 atom stereocenters. The highest BCUT2D eigenvalue weighted by Crippen LogP contribution is 2.25. The first-order valence-corrected chi connectivity index (χ1v) is 7.12. The Morgan fingerprint density at radius 2 is 0.923 bits per heavy atom. The van der Waals surface area contributed by atoms with Gasteiger partial charge < -0.3 is 32.4 Å². The highest BCUT2D eigenvalue weighted by atomic mass is 35.5. The first-order valence-electron chi connectivity index (χ1n) is 7.12. The molecule has 0 saturated heterocycles. The van der Waals surface area contributed by atoms with E-state index < -0.39 is 0 Å².